The van der Waals surface area contributed by atoms with E-state index in [2.05, 4.69) is 9.97 Å². The highest BCUT2D eigenvalue weighted by Crippen LogP contribution is 2.19. The van der Waals surface area contributed by atoms with Crippen molar-refractivity contribution in [3.8, 4) is 0 Å². The Labute approximate surface area is 133 Å². The summed E-state index contributed by atoms with van der Waals surface area (Å²) in [5.41, 5.74) is 1.84. The highest BCUT2D eigenvalue weighted by molar-refractivity contribution is 5.23. The molecular weight excluding hydrogens is 300 g/mol. The van der Waals surface area contributed by atoms with Crippen molar-refractivity contribution in [1.82, 2.24) is 14.9 Å². The smallest absolute Gasteiger partial charge is 0.254 e. The highest BCUT2D eigenvalue weighted by atomic mass is 19.1. The minimum Gasteiger partial charge on any atom is -0.310 e. The standard InChI is InChI=1S/C17H19F2N3O/c1-10(2)16-20-15-9-22(6-5-13(15)17(23)21-16)8-11-3-4-12(18)7-14(11)19/h3-4,7,10H,5-6,8-9H2,1-2H3,(H,20,21,23). The molecule has 0 unspecified atom stereocenters. The average molecular weight is 319 g/mol. The maximum absolute atomic E-state index is 13.8. The zero-order chi connectivity index (χ0) is 16.6. The summed E-state index contributed by atoms with van der Waals surface area (Å²) in [6.45, 7) is 5.46. The lowest BCUT2D eigenvalue weighted by atomic mass is 10.0. The molecule has 0 aliphatic carbocycles. The first-order chi connectivity index (χ1) is 10.9. The Kier molecular flexibility index (Phi) is 4.26. The fourth-order valence-corrected chi connectivity index (χ4v) is 2.81. The molecule has 0 atom stereocenters. The lowest BCUT2D eigenvalue weighted by molar-refractivity contribution is 0.236. The molecular formula is C17H19F2N3O. The quantitative estimate of drug-likeness (QED) is 0.946. The molecule has 0 saturated heterocycles. The van der Waals surface area contributed by atoms with Gasteiger partial charge in [-0.1, -0.05) is 19.9 Å². The highest BCUT2D eigenvalue weighted by Gasteiger charge is 2.22. The predicted molar refractivity (Wildman–Crippen MR) is 83.1 cm³/mol. The van der Waals surface area contributed by atoms with Crippen molar-refractivity contribution in [1.29, 1.82) is 0 Å². The van der Waals surface area contributed by atoms with E-state index < -0.39 is 11.6 Å². The summed E-state index contributed by atoms with van der Waals surface area (Å²) in [7, 11) is 0. The number of hydrogen-bond donors (Lipinski definition) is 1. The fourth-order valence-electron chi connectivity index (χ4n) is 2.81. The normalized spacial score (nSPS) is 15.0. The summed E-state index contributed by atoms with van der Waals surface area (Å²) >= 11 is 0. The number of rotatable bonds is 3. The summed E-state index contributed by atoms with van der Waals surface area (Å²) in [5, 5.41) is 0. The van der Waals surface area contributed by atoms with Gasteiger partial charge in [-0.25, -0.2) is 13.8 Å². The molecule has 23 heavy (non-hydrogen) atoms. The number of H-pyrrole nitrogens is 1. The van der Waals surface area contributed by atoms with Crippen molar-refractivity contribution in [2.75, 3.05) is 6.54 Å². The lowest BCUT2D eigenvalue weighted by Gasteiger charge is -2.28. The van der Waals surface area contributed by atoms with E-state index in [-0.39, 0.29) is 11.5 Å². The SMILES string of the molecule is CC(C)c1nc2c(c(=O)[nH]1)CCN(Cc1ccc(F)cc1F)C2. The molecule has 0 saturated carbocycles. The first kappa shape index (κ1) is 15.8. The third kappa shape index (κ3) is 3.32. The predicted octanol–water partition coefficient (Wildman–Crippen LogP) is 2.73. The molecule has 6 heteroatoms. The van der Waals surface area contributed by atoms with Crippen LogP contribution in [-0.2, 0) is 19.5 Å². The van der Waals surface area contributed by atoms with Crippen molar-refractivity contribution in [3.05, 3.63) is 62.8 Å². The second-order valence-electron chi connectivity index (χ2n) is 6.23. The van der Waals surface area contributed by atoms with Crippen LogP contribution in [0.1, 0.15) is 42.4 Å². The molecule has 0 amide bonds. The van der Waals surface area contributed by atoms with Gasteiger partial charge in [0.15, 0.2) is 0 Å². The van der Waals surface area contributed by atoms with Crippen LogP contribution in [0.3, 0.4) is 0 Å². The molecule has 0 bridgehead atoms. The molecule has 0 spiro atoms. The average Bonchev–Trinajstić information content (AvgIpc) is 2.49. The zero-order valence-corrected chi connectivity index (χ0v) is 13.2. The minimum atomic E-state index is -0.579. The first-order valence-corrected chi connectivity index (χ1v) is 7.72. The first-order valence-electron chi connectivity index (χ1n) is 7.72. The summed E-state index contributed by atoms with van der Waals surface area (Å²) in [6.07, 6.45) is 0.582. The number of aromatic nitrogens is 2. The van der Waals surface area contributed by atoms with Crippen LogP contribution in [0.15, 0.2) is 23.0 Å². The van der Waals surface area contributed by atoms with Crippen LogP contribution in [-0.4, -0.2) is 21.4 Å². The van der Waals surface area contributed by atoms with Crippen molar-refractivity contribution in [2.45, 2.75) is 39.3 Å². The number of benzene rings is 1. The monoisotopic (exact) mass is 319 g/mol. The molecule has 1 aromatic heterocycles. The van der Waals surface area contributed by atoms with Crippen LogP contribution in [0.5, 0.6) is 0 Å². The Hall–Kier alpha value is -2.08. The Balaban J connectivity index is 1.83. The third-order valence-corrected chi connectivity index (χ3v) is 4.13. The van der Waals surface area contributed by atoms with Crippen molar-refractivity contribution < 1.29 is 8.78 Å². The van der Waals surface area contributed by atoms with Gasteiger partial charge >= 0.3 is 0 Å². The number of fused-ring (bicyclic) bond motifs is 1. The maximum atomic E-state index is 13.8. The van der Waals surface area contributed by atoms with Crippen LogP contribution in [0.4, 0.5) is 8.78 Å². The van der Waals surface area contributed by atoms with Crippen molar-refractivity contribution >= 4 is 0 Å². The Morgan fingerprint density at radius 3 is 2.83 bits per heavy atom. The van der Waals surface area contributed by atoms with E-state index in [1.807, 2.05) is 18.7 Å². The fraction of sp³-hybridized carbons (Fsp3) is 0.412. The molecule has 1 N–H and O–H groups in total. The van der Waals surface area contributed by atoms with Gasteiger partial charge < -0.3 is 4.98 Å². The van der Waals surface area contributed by atoms with Crippen LogP contribution in [0.25, 0.3) is 0 Å². The summed E-state index contributed by atoms with van der Waals surface area (Å²) < 4.78 is 26.8. The third-order valence-electron chi connectivity index (χ3n) is 4.13. The molecule has 122 valence electrons. The van der Waals surface area contributed by atoms with Crippen molar-refractivity contribution in [2.24, 2.45) is 0 Å². The van der Waals surface area contributed by atoms with Gasteiger partial charge in [0.1, 0.15) is 17.5 Å². The van der Waals surface area contributed by atoms with Crippen LogP contribution in [0.2, 0.25) is 0 Å². The van der Waals surface area contributed by atoms with Crippen LogP contribution < -0.4 is 5.56 Å². The molecule has 1 aromatic carbocycles. The zero-order valence-electron chi connectivity index (χ0n) is 13.2. The van der Waals surface area contributed by atoms with Crippen LogP contribution >= 0.6 is 0 Å². The van der Waals surface area contributed by atoms with Crippen LogP contribution in [0, 0.1) is 11.6 Å². The van der Waals surface area contributed by atoms with E-state index >= 15 is 0 Å². The Bertz CT molecular complexity index is 786. The summed E-state index contributed by atoms with van der Waals surface area (Å²) in [5.74, 6) is -0.316. The van der Waals surface area contributed by atoms with Gasteiger partial charge in [0.05, 0.1) is 5.69 Å². The summed E-state index contributed by atoms with van der Waals surface area (Å²) in [6, 6.07) is 3.62. The van der Waals surface area contributed by atoms with Gasteiger partial charge in [-0.05, 0) is 12.5 Å². The van der Waals surface area contributed by atoms with Crippen molar-refractivity contribution in [3.63, 3.8) is 0 Å². The van der Waals surface area contributed by atoms with E-state index in [4.69, 9.17) is 0 Å². The molecule has 2 heterocycles. The van der Waals surface area contributed by atoms with E-state index in [0.717, 1.165) is 11.8 Å². The lowest BCUT2D eigenvalue weighted by Crippen LogP contribution is -2.35. The van der Waals surface area contributed by atoms with Gasteiger partial charge in [-0.2, -0.15) is 0 Å². The number of nitrogens with zero attached hydrogens (tertiary/aromatic N) is 2. The van der Waals surface area contributed by atoms with Gasteiger partial charge in [0.25, 0.3) is 5.56 Å². The van der Waals surface area contributed by atoms with Gasteiger partial charge in [0.2, 0.25) is 0 Å². The molecule has 4 nitrogen and oxygen atoms in total. The van der Waals surface area contributed by atoms with Gasteiger partial charge in [-0.3, -0.25) is 9.69 Å². The van der Waals surface area contributed by atoms with E-state index in [1.165, 1.54) is 12.1 Å². The number of hydrogen-bond acceptors (Lipinski definition) is 3. The second-order valence-corrected chi connectivity index (χ2v) is 6.23. The largest absolute Gasteiger partial charge is 0.310 e. The van der Waals surface area contributed by atoms with E-state index in [9.17, 15) is 13.6 Å². The molecule has 2 aromatic rings. The van der Waals surface area contributed by atoms with Gasteiger partial charge in [-0.15, -0.1) is 0 Å². The Morgan fingerprint density at radius 2 is 2.13 bits per heavy atom. The topological polar surface area (TPSA) is 49.0 Å². The molecule has 3 rings (SSSR count). The van der Waals surface area contributed by atoms with E-state index in [1.54, 1.807) is 0 Å². The van der Waals surface area contributed by atoms with Gasteiger partial charge in [0, 0.05) is 42.7 Å². The number of nitrogens with one attached hydrogen (secondary N) is 1. The Morgan fingerprint density at radius 1 is 1.35 bits per heavy atom. The second kappa shape index (κ2) is 6.20. The minimum absolute atomic E-state index is 0.0775. The molecule has 0 fully saturated rings. The molecule has 0 radical (unpaired) electrons. The number of halogens is 2. The maximum Gasteiger partial charge on any atom is 0.254 e. The van der Waals surface area contributed by atoms with E-state index in [0.29, 0.717) is 43.0 Å². The number of aromatic amines is 1. The molecule has 1 aliphatic rings. The molecule has 1 aliphatic heterocycles. The summed E-state index contributed by atoms with van der Waals surface area (Å²) in [4.78, 5) is 21.5.